The van der Waals surface area contributed by atoms with Crippen LogP contribution in [0.5, 0.6) is 0 Å². The van der Waals surface area contributed by atoms with Gasteiger partial charge in [-0.05, 0) is 61.3 Å². The normalized spacial score (nSPS) is 17.0. The molecule has 2 atom stereocenters. The van der Waals surface area contributed by atoms with Crippen LogP contribution in [-0.4, -0.2) is 39.0 Å². The molecule has 0 amide bonds. The lowest BCUT2D eigenvalue weighted by atomic mass is 9.94. The van der Waals surface area contributed by atoms with E-state index in [0.29, 0.717) is 6.61 Å². The van der Waals surface area contributed by atoms with Crippen molar-refractivity contribution in [3.8, 4) is 0 Å². The summed E-state index contributed by atoms with van der Waals surface area (Å²) in [4.78, 5) is 4.15. The van der Waals surface area contributed by atoms with Crippen LogP contribution < -0.4 is 0 Å². The van der Waals surface area contributed by atoms with Crippen molar-refractivity contribution >= 4 is 26.9 Å². The summed E-state index contributed by atoms with van der Waals surface area (Å²) in [5, 5.41) is 0. The molecule has 1 aromatic rings. The van der Waals surface area contributed by atoms with Gasteiger partial charge in [0.25, 0.3) is 0 Å². The van der Waals surface area contributed by atoms with Gasteiger partial charge < -0.3 is 4.74 Å². The van der Waals surface area contributed by atoms with Gasteiger partial charge in [-0.15, -0.1) is 0 Å². The number of rotatable bonds is 5. The summed E-state index contributed by atoms with van der Waals surface area (Å²) < 4.78 is 20.4. The first kappa shape index (κ1) is 17.8. The highest BCUT2D eigenvalue weighted by atomic mass is 79.9. The van der Waals surface area contributed by atoms with Gasteiger partial charge in [-0.1, -0.05) is 0 Å². The number of hydrogen-bond donors (Lipinski definition) is 0. The van der Waals surface area contributed by atoms with Crippen LogP contribution >= 0.6 is 15.9 Å². The fourth-order valence-corrected chi connectivity index (χ4v) is 3.68. The molecule has 0 N–H and O–H groups in total. The van der Waals surface area contributed by atoms with E-state index in [-0.39, 0.29) is 4.75 Å². The van der Waals surface area contributed by atoms with E-state index in [0.717, 1.165) is 10.2 Å². The Labute approximate surface area is 132 Å². The molecule has 4 nitrogen and oxygen atoms in total. The van der Waals surface area contributed by atoms with Crippen molar-refractivity contribution in [3.05, 3.63) is 28.5 Å². The van der Waals surface area contributed by atoms with E-state index in [4.69, 9.17) is 4.74 Å². The van der Waals surface area contributed by atoms with Crippen LogP contribution in [0.4, 0.5) is 0 Å². The fourth-order valence-electron chi connectivity index (χ4n) is 1.97. The zero-order valence-corrected chi connectivity index (χ0v) is 15.3. The van der Waals surface area contributed by atoms with E-state index >= 15 is 0 Å². The minimum atomic E-state index is -1.14. The van der Waals surface area contributed by atoms with Gasteiger partial charge in [-0.3, -0.25) is 0 Å². The molecule has 0 aromatic carbocycles. The van der Waals surface area contributed by atoms with Gasteiger partial charge >= 0.3 is 0 Å². The molecule has 0 radical (unpaired) electrons. The number of hydrogen-bond acceptors (Lipinski definition) is 3. The lowest BCUT2D eigenvalue weighted by molar-refractivity contribution is 0.0819. The molecule has 0 saturated carbocycles. The number of likely N-dealkylation sites (N-methyl/N-ethyl adjacent to an activating group) is 1. The first-order valence-electron chi connectivity index (χ1n) is 6.39. The molecule has 20 heavy (non-hydrogen) atoms. The van der Waals surface area contributed by atoms with Crippen molar-refractivity contribution < 1.29 is 8.95 Å². The van der Waals surface area contributed by atoms with Gasteiger partial charge in [0.15, 0.2) is 0 Å². The molecule has 0 bridgehead atoms. The van der Waals surface area contributed by atoms with E-state index in [1.165, 1.54) is 0 Å². The van der Waals surface area contributed by atoms with E-state index in [9.17, 15) is 4.21 Å². The van der Waals surface area contributed by atoms with Gasteiger partial charge in [0.05, 0.1) is 16.9 Å². The summed E-state index contributed by atoms with van der Waals surface area (Å²) in [6, 6.07) is 3.87. The number of methoxy groups -OCH3 is 1. The number of halogens is 1. The Morgan fingerprint density at radius 2 is 2.00 bits per heavy atom. The number of pyridine rings is 1. The molecule has 0 fully saturated rings. The van der Waals surface area contributed by atoms with Crippen molar-refractivity contribution in [1.29, 1.82) is 0 Å². The Morgan fingerprint density at radius 1 is 1.40 bits per heavy atom. The van der Waals surface area contributed by atoms with Crippen molar-refractivity contribution in [2.24, 2.45) is 0 Å². The molecule has 1 heterocycles. The Hall–Kier alpha value is -0.300. The second kappa shape index (κ2) is 6.64. The first-order valence-corrected chi connectivity index (χ1v) is 8.29. The Morgan fingerprint density at radius 3 is 2.45 bits per heavy atom. The van der Waals surface area contributed by atoms with E-state index in [2.05, 4.69) is 20.9 Å². The Kier molecular flexibility index (Phi) is 5.89. The summed E-state index contributed by atoms with van der Waals surface area (Å²) in [7, 11) is 2.38. The third-order valence-corrected chi connectivity index (χ3v) is 5.62. The minimum absolute atomic E-state index is 0.325. The monoisotopic (exact) mass is 362 g/mol. The molecule has 0 saturated heterocycles. The SMILES string of the molecule is COCC(C)(c1ccnc(Br)c1)N(C)[S@@](=O)C(C)(C)C. The molecule has 114 valence electrons. The summed E-state index contributed by atoms with van der Waals surface area (Å²) in [5.74, 6) is 0. The van der Waals surface area contributed by atoms with Crippen LogP contribution in [0, 0.1) is 0 Å². The molecule has 1 rings (SSSR count). The van der Waals surface area contributed by atoms with Crippen molar-refractivity contribution in [3.63, 3.8) is 0 Å². The van der Waals surface area contributed by atoms with Crippen LogP contribution in [0.1, 0.15) is 33.3 Å². The first-order chi connectivity index (χ1) is 9.13. The zero-order chi connectivity index (χ0) is 15.6. The highest BCUT2D eigenvalue weighted by Gasteiger charge is 2.38. The van der Waals surface area contributed by atoms with Gasteiger partial charge in [0.1, 0.15) is 15.6 Å². The third-order valence-electron chi connectivity index (χ3n) is 3.24. The second-order valence-corrected chi connectivity index (χ2v) is 9.02. The summed E-state index contributed by atoms with van der Waals surface area (Å²) >= 11 is 3.39. The summed E-state index contributed by atoms with van der Waals surface area (Å²) in [6.07, 6.45) is 1.74. The number of ether oxygens (including phenoxy) is 1. The maximum absolute atomic E-state index is 12.7. The number of nitrogens with zero attached hydrogens (tertiary/aromatic N) is 2. The topological polar surface area (TPSA) is 42.4 Å². The lowest BCUT2D eigenvalue weighted by Gasteiger charge is -2.40. The van der Waals surface area contributed by atoms with Crippen LogP contribution in [0.2, 0.25) is 0 Å². The summed E-state index contributed by atoms with van der Waals surface area (Å²) in [6.45, 7) is 8.38. The quantitative estimate of drug-likeness (QED) is 0.755. The third kappa shape index (κ3) is 3.87. The fraction of sp³-hybridized carbons (Fsp3) is 0.643. The van der Waals surface area contributed by atoms with Crippen LogP contribution in [-0.2, 0) is 21.3 Å². The van der Waals surface area contributed by atoms with Crippen LogP contribution in [0.3, 0.4) is 0 Å². The van der Waals surface area contributed by atoms with Crippen molar-refractivity contribution in [2.75, 3.05) is 20.8 Å². The molecular formula is C14H23BrN2O2S. The van der Waals surface area contributed by atoms with E-state index < -0.39 is 16.5 Å². The molecule has 0 aliphatic heterocycles. The maximum atomic E-state index is 12.7. The lowest BCUT2D eigenvalue weighted by Crippen LogP contribution is -2.49. The van der Waals surface area contributed by atoms with Crippen LogP contribution in [0.15, 0.2) is 22.9 Å². The van der Waals surface area contributed by atoms with Gasteiger partial charge in [0, 0.05) is 20.4 Å². The average Bonchev–Trinajstić information content (AvgIpc) is 2.36. The Bertz CT molecular complexity index is 490. The van der Waals surface area contributed by atoms with Gasteiger partial charge in [-0.25, -0.2) is 13.5 Å². The average molecular weight is 363 g/mol. The zero-order valence-electron chi connectivity index (χ0n) is 12.9. The smallest absolute Gasteiger partial charge is 0.106 e. The minimum Gasteiger partial charge on any atom is -0.382 e. The van der Waals surface area contributed by atoms with Gasteiger partial charge in [0.2, 0.25) is 0 Å². The number of aromatic nitrogens is 1. The molecule has 0 spiro atoms. The largest absolute Gasteiger partial charge is 0.382 e. The van der Waals surface area contributed by atoms with Crippen molar-refractivity contribution in [2.45, 2.75) is 38.0 Å². The molecule has 1 aromatic heterocycles. The highest BCUT2D eigenvalue weighted by Crippen LogP contribution is 2.32. The van der Waals surface area contributed by atoms with E-state index in [1.807, 2.05) is 51.2 Å². The molecule has 0 aliphatic rings. The molecule has 6 heteroatoms. The maximum Gasteiger partial charge on any atom is 0.106 e. The van der Waals surface area contributed by atoms with Crippen molar-refractivity contribution in [1.82, 2.24) is 9.29 Å². The second-order valence-electron chi connectivity index (χ2n) is 5.93. The predicted octanol–water partition coefficient (Wildman–Crippen LogP) is 3.10. The molecule has 1 unspecified atom stereocenters. The standard InChI is InChI=1S/C14H23BrN2O2S/c1-13(2,3)20(18)17(5)14(4,10-19-6)11-7-8-16-12(15)9-11/h7-9H,10H2,1-6H3/t14?,20-/m0/s1. The van der Waals surface area contributed by atoms with E-state index in [1.54, 1.807) is 13.3 Å². The Balaban J connectivity index is 3.24. The summed E-state index contributed by atoms with van der Waals surface area (Å²) in [5.41, 5.74) is 0.527. The predicted molar refractivity (Wildman–Crippen MR) is 86.8 cm³/mol. The van der Waals surface area contributed by atoms with Gasteiger partial charge in [-0.2, -0.15) is 0 Å². The highest BCUT2D eigenvalue weighted by molar-refractivity contribution is 9.10. The molecule has 0 aliphatic carbocycles. The van der Waals surface area contributed by atoms with Crippen LogP contribution in [0.25, 0.3) is 0 Å². The molecular weight excluding hydrogens is 340 g/mol.